The van der Waals surface area contributed by atoms with Gasteiger partial charge in [0.05, 0.1) is 0 Å². The van der Waals surface area contributed by atoms with Crippen LogP contribution in [-0.2, 0) is 4.79 Å². The fraction of sp³-hybridized carbons (Fsp3) is 0.909. The van der Waals surface area contributed by atoms with E-state index in [2.05, 4.69) is 13.8 Å². The summed E-state index contributed by atoms with van der Waals surface area (Å²) in [6.07, 6.45) is 5.43. The van der Waals surface area contributed by atoms with E-state index in [4.69, 9.17) is 0 Å². The highest BCUT2D eigenvalue weighted by atomic mass is 27.2. The summed E-state index contributed by atoms with van der Waals surface area (Å²) in [5.74, 6) is -0.488. The number of carbonyl (C=O) groups is 1. The van der Waals surface area contributed by atoms with E-state index in [1.807, 2.05) is 0 Å². The Morgan fingerprint density at radius 3 is 2.07 bits per heavy atom. The first-order valence-electron chi connectivity index (χ1n) is 5.90. The van der Waals surface area contributed by atoms with Gasteiger partial charge >= 0.3 is 0 Å². The van der Waals surface area contributed by atoms with Gasteiger partial charge in [-0.1, -0.05) is 43.7 Å². The first-order chi connectivity index (χ1) is 6.67. The van der Waals surface area contributed by atoms with Crippen LogP contribution >= 0.6 is 0 Å². The summed E-state index contributed by atoms with van der Waals surface area (Å²) in [5, 5.41) is 11.7. The molecule has 1 saturated carbocycles. The van der Waals surface area contributed by atoms with Crippen molar-refractivity contribution < 1.29 is 9.90 Å². The fourth-order valence-corrected chi connectivity index (χ4v) is 6.76. The lowest BCUT2D eigenvalue weighted by Gasteiger charge is -2.37. The minimum atomic E-state index is -1.07. The normalized spacial score (nSPS) is 20.4. The molecular formula is C11H21AlO2. The Morgan fingerprint density at radius 2 is 1.71 bits per heavy atom. The second-order valence-corrected chi connectivity index (χ2v) is 8.67. The molecule has 0 heterocycles. The molecule has 80 valence electrons. The Kier molecular flexibility index (Phi) is 4.47. The van der Waals surface area contributed by atoms with Gasteiger partial charge in [0.1, 0.15) is 0 Å². The van der Waals surface area contributed by atoms with Crippen LogP contribution in [0.1, 0.15) is 46.0 Å². The number of hydrogen-bond donors (Lipinski definition) is 1. The smallest absolute Gasteiger partial charge is 0.296 e. The van der Waals surface area contributed by atoms with Gasteiger partial charge in [0.25, 0.3) is 20.1 Å². The Labute approximate surface area is 91.1 Å². The molecule has 0 spiro atoms. The lowest BCUT2D eigenvalue weighted by atomic mass is 9.88. The average Bonchev–Trinajstić information content (AvgIpc) is 2.21. The molecule has 0 aromatic carbocycles. The molecule has 0 radical (unpaired) electrons. The van der Waals surface area contributed by atoms with Crippen LogP contribution in [0.3, 0.4) is 0 Å². The molecule has 0 aromatic heterocycles. The summed E-state index contributed by atoms with van der Waals surface area (Å²) >= 11 is -1.07. The largest absolute Gasteiger partial charge is 0.482 e. The molecule has 0 aliphatic heterocycles. The quantitative estimate of drug-likeness (QED) is 0.726. The highest BCUT2D eigenvalue weighted by molar-refractivity contribution is 6.66. The number of rotatable bonds is 4. The summed E-state index contributed by atoms with van der Waals surface area (Å²) in [6.45, 7) is 4.36. The zero-order valence-corrected chi connectivity index (χ0v) is 10.5. The Hall–Kier alpha value is 0.00247. The zero-order chi connectivity index (χ0) is 10.6. The Morgan fingerprint density at radius 1 is 1.21 bits per heavy atom. The van der Waals surface area contributed by atoms with Crippen molar-refractivity contribution in [1.29, 1.82) is 0 Å². The second-order valence-electron chi connectivity index (χ2n) is 4.54. The molecule has 0 unspecified atom stereocenters. The van der Waals surface area contributed by atoms with Crippen molar-refractivity contribution in [2.45, 2.75) is 60.8 Å². The third kappa shape index (κ3) is 2.15. The van der Waals surface area contributed by atoms with E-state index in [0.29, 0.717) is 0 Å². The molecule has 0 saturated heterocycles. The number of carboxylic acids is 1. The SMILES string of the molecule is C[CH2][Al]([CH2]C)[C]1(C(=O)O)CCCCC1. The molecule has 0 bridgehead atoms. The van der Waals surface area contributed by atoms with Gasteiger partial charge in [0.2, 0.25) is 0 Å². The zero-order valence-electron chi connectivity index (χ0n) is 9.38. The molecule has 3 heteroatoms. The second kappa shape index (κ2) is 5.19. The molecule has 1 rings (SSSR count). The van der Waals surface area contributed by atoms with Crippen molar-refractivity contribution in [2.24, 2.45) is 0 Å². The maximum atomic E-state index is 11.5. The fourth-order valence-electron chi connectivity index (χ4n) is 3.05. The molecule has 1 aliphatic rings. The predicted molar refractivity (Wildman–Crippen MR) is 60.1 cm³/mol. The third-order valence-electron chi connectivity index (χ3n) is 3.94. The number of hydrogen-bond acceptors (Lipinski definition) is 1. The van der Waals surface area contributed by atoms with Crippen LogP contribution in [0.5, 0.6) is 0 Å². The van der Waals surface area contributed by atoms with E-state index in [1.165, 1.54) is 6.42 Å². The van der Waals surface area contributed by atoms with Crippen molar-refractivity contribution in [1.82, 2.24) is 0 Å². The van der Waals surface area contributed by atoms with Gasteiger partial charge in [0.15, 0.2) is 0 Å². The topological polar surface area (TPSA) is 37.3 Å². The van der Waals surface area contributed by atoms with Gasteiger partial charge in [-0.25, -0.2) is 0 Å². The van der Waals surface area contributed by atoms with Gasteiger partial charge in [-0.2, -0.15) is 0 Å². The van der Waals surface area contributed by atoms with Crippen molar-refractivity contribution in [3.63, 3.8) is 0 Å². The summed E-state index contributed by atoms with van der Waals surface area (Å²) in [7, 11) is 0. The monoisotopic (exact) mass is 212 g/mol. The van der Waals surface area contributed by atoms with Gasteiger partial charge in [-0.15, -0.1) is 0 Å². The minimum Gasteiger partial charge on any atom is -0.482 e. The third-order valence-corrected chi connectivity index (χ3v) is 8.30. The van der Waals surface area contributed by atoms with Crippen molar-refractivity contribution >= 4 is 20.1 Å². The Balaban J connectivity index is 2.83. The van der Waals surface area contributed by atoms with Crippen LogP contribution in [0.15, 0.2) is 0 Å². The number of aliphatic carboxylic acids is 1. The summed E-state index contributed by atoms with van der Waals surface area (Å²) in [4.78, 5) is 11.5. The maximum absolute atomic E-state index is 11.5. The van der Waals surface area contributed by atoms with E-state index in [-0.39, 0.29) is 4.28 Å². The molecule has 0 amide bonds. The van der Waals surface area contributed by atoms with Crippen LogP contribution in [0.2, 0.25) is 14.8 Å². The summed E-state index contributed by atoms with van der Waals surface area (Å²) in [6, 6.07) is 0. The molecule has 1 N–H and O–H groups in total. The van der Waals surface area contributed by atoms with Crippen LogP contribution in [0, 0.1) is 0 Å². The lowest BCUT2D eigenvalue weighted by Crippen LogP contribution is -2.40. The molecule has 1 fully saturated rings. The molecule has 1 aliphatic carbocycles. The Bertz CT molecular complexity index is 193. The first-order valence-corrected chi connectivity index (χ1v) is 8.11. The van der Waals surface area contributed by atoms with E-state index >= 15 is 0 Å². The van der Waals surface area contributed by atoms with Crippen molar-refractivity contribution in [3.05, 3.63) is 0 Å². The van der Waals surface area contributed by atoms with Crippen LogP contribution in [0.25, 0.3) is 0 Å². The standard InChI is InChI=1S/C7H11O2.2C2H5.Al/c8-7(9)6-4-2-1-3-5-6;2*1-2;/h1-5H2,(H,8,9);2*1H2,2H3;. The van der Waals surface area contributed by atoms with Crippen LogP contribution in [0.4, 0.5) is 0 Å². The first kappa shape index (κ1) is 12.1. The van der Waals surface area contributed by atoms with E-state index < -0.39 is 20.1 Å². The highest BCUT2D eigenvalue weighted by Gasteiger charge is 2.47. The van der Waals surface area contributed by atoms with E-state index in [0.717, 1.165) is 36.2 Å². The minimum absolute atomic E-state index is 0.248. The van der Waals surface area contributed by atoms with Crippen molar-refractivity contribution in [2.75, 3.05) is 0 Å². The number of carboxylic acid groups (broad SMARTS) is 1. The van der Waals surface area contributed by atoms with Crippen LogP contribution in [-0.4, -0.2) is 25.2 Å². The lowest BCUT2D eigenvalue weighted by molar-refractivity contribution is -0.141. The molecule has 14 heavy (non-hydrogen) atoms. The van der Waals surface area contributed by atoms with Crippen molar-refractivity contribution in [3.8, 4) is 0 Å². The highest BCUT2D eigenvalue weighted by Crippen LogP contribution is 2.47. The van der Waals surface area contributed by atoms with Gasteiger partial charge in [-0.3, -0.25) is 4.79 Å². The molecule has 2 nitrogen and oxygen atoms in total. The molecule has 0 atom stereocenters. The maximum Gasteiger partial charge on any atom is 0.296 e. The molecule has 0 aromatic rings. The van der Waals surface area contributed by atoms with Gasteiger partial charge in [0, 0.05) is 4.28 Å². The van der Waals surface area contributed by atoms with Gasteiger partial charge < -0.3 is 5.11 Å². The van der Waals surface area contributed by atoms with Gasteiger partial charge in [-0.05, 0) is 12.8 Å². The summed E-state index contributed by atoms with van der Waals surface area (Å²) in [5.41, 5.74) is 0. The van der Waals surface area contributed by atoms with E-state index in [1.54, 1.807) is 0 Å². The van der Waals surface area contributed by atoms with E-state index in [9.17, 15) is 9.90 Å². The summed E-state index contributed by atoms with van der Waals surface area (Å²) < 4.78 is -0.248. The predicted octanol–water partition coefficient (Wildman–Crippen LogP) is 3.31. The average molecular weight is 212 g/mol. The van der Waals surface area contributed by atoms with Crippen LogP contribution < -0.4 is 0 Å². The molecular weight excluding hydrogens is 191 g/mol.